The lowest BCUT2D eigenvalue weighted by Crippen LogP contribution is -2.39. The minimum Gasteiger partial charge on any atom is -0.494 e. The summed E-state index contributed by atoms with van der Waals surface area (Å²) in [6, 6.07) is 7.85. The van der Waals surface area contributed by atoms with Crippen molar-refractivity contribution in [3.05, 3.63) is 29.8 Å². The summed E-state index contributed by atoms with van der Waals surface area (Å²) in [7, 11) is 1.85. The fraction of sp³-hybridized carbons (Fsp3) is 0.562. The third-order valence-electron chi connectivity index (χ3n) is 3.32. The number of esters is 1. The summed E-state index contributed by atoms with van der Waals surface area (Å²) in [5, 5.41) is 3.21. The van der Waals surface area contributed by atoms with Crippen LogP contribution in [0.2, 0.25) is 0 Å². The van der Waals surface area contributed by atoms with Crippen molar-refractivity contribution in [2.24, 2.45) is 0 Å². The molecule has 1 rings (SSSR count). The summed E-state index contributed by atoms with van der Waals surface area (Å²) < 4.78 is 10.6. The van der Waals surface area contributed by atoms with Gasteiger partial charge < -0.3 is 14.8 Å². The quantitative estimate of drug-likeness (QED) is 0.743. The van der Waals surface area contributed by atoms with Gasteiger partial charge in [0.15, 0.2) is 0 Å². The molecule has 1 aromatic rings. The number of benzene rings is 1. The number of nitrogens with one attached hydrogen (secondary N) is 1. The molecule has 0 aliphatic rings. The van der Waals surface area contributed by atoms with Gasteiger partial charge in [0.05, 0.1) is 25.2 Å². The van der Waals surface area contributed by atoms with E-state index in [0.717, 1.165) is 17.7 Å². The van der Waals surface area contributed by atoms with Crippen LogP contribution < -0.4 is 10.1 Å². The molecule has 112 valence electrons. The summed E-state index contributed by atoms with van der Waals surface area (Å²) in [6.45, 7) is 7.00. The Morgan fingerprint density at radius 3 is 2.40 bits per heavy atom. The van der Waals surface area contributed by atoms with Gasteiger partial charge in [0.1, 0.15) is 5.75 Å². The maximum atomic E-state index is 11.7. The Morgan fingerprint density at radius 2 is 1.90 bits per heavy atom. The first kappa shape index (κ1) is 16.5. The molecular formula is C16H25NO3. The highest BCUT2D eigenvalue weighted by Gasteiger charge is 2.28. The van der Waals surface area contributed by atoms with Crippen molar-refractivity contribution in [3.8, 4) is 5.75 Å². The summed E-state index contributed by atoms with van der Waals surface area (Å²) in [5.74, 6) is 0.654. The van der Waals surface area contributed by atoms with Gasteiger partial charge in [-0.1, -0.05) is 19.1 Å². The summed E-state index contributed by atoms with van der Waals surface area (Å²) in [5.41, 5.74) is 0.604. The summed E-state index contributed by atoms with van der Waals surface area (Å²) in [4.78, 5) is 11.7. The lowest BCUT2D eigenvalue weighted by molar-refractivity contribution is -0.144. The molecule has 0 spiro atoms. The van der Waals surface area contributed by atoms with E-state index in [1.807, 2.05) is 45.2 Å². The highest BCUT2D eigenvalue weighted by atomic mass is 16.5. The van der Waals surface area contributed by atoms with E-state index < -0.39 is 5.54 Å². The second-order valence-electron chi connectivity index (χ2n) is 4.94. The predicted molar refractivity (Wildman–Crippen MR) is 79.9 cm³/mol. The van der Waals surface area contributed by atoms with Crippen molar-refractivity contribution in [1.82, 2.24) is 5.32 Å². The standard InChI is InChI=1S/C16H25NO3/c1-5-11-20-14-9-7-13(8-10-14)16(3,17-4)12-15(18)19-6-2/h7-10,17H,5-6,11-12H2,1-4H3. The molecule has 4 nitrogen and oxygen atoms in total. The zero-order valence-electron chi connectivity index (χ0n) is 12.9. The molecule has 1 atom stereocenters. The first-order valence-electron chi connectivity index (χ1n) is 7.13. The average Bonchev–Trinajstić information content (AvgIpc) is 2.45. The van der Waals surface area contributed by atoms with Crippen LogP contribution in [0.25, 0.3) is 0 Å². The van der Waals surface area contributed by atoms with E-state index in [0.29, 0.717) is 19.6 Å². The van der Waals surface area contributed by atoms with Crippen LogP contribution in [0.1, 0.15) is 39.2 Å². The minimum absolute atomic E-state index is 0.198. The molecule has 0 heterocycles. The number of carbonyl (C=O) groups excluding carboxylic acids is 1. The van der Waals surface area contributed by atoms with Gasteiger partial charge in [0.25, 0.3) is 0 Å². The van der Waals surface area contributed by atoms with Crippen LogP contribution in [0, 0.1) is 0 Å². The van der Waals surface area contributed by atoms with Gasteiger partial charge in [-0.2, -0.15) is 0 Å². The van der Waals surface area contributed by atoms with E-state index in [-0.39, 0.29) is 5.97 Å². The van der Waals surface area contributed by atoms with Crippen LogP contribution in [-0.2, 0) is 15.1 Å². The maximum absolute atomic E-state index is 11.7. The van der Waals surface area contributed by atoms with Crippen molar-refractivity contribution < 1.29 is 14.3 Å². The van der Waals surface area contributed by atoms with Crippen LogP contribution in [0.4, 0.5) is 0 Å². The van der Waals surface area contributed by atoms with Crippen LogP contribution in [0.15, 0.2) is 24.3 Å². The molecule has 1 unspecified atom stereocenters. The van der Waals surface area contributed by atoms with E-state index in [1.165, 1.54) is 0 Å². The number of carbonyl (C=O) groups is 1. The largest absolute Gasteiger partial charge is 0.494 e. The molecule has 1 aromatic carbocycles. The van der Waals surface area contributed by atoms with Gasteiger partial charge in [-0.25, -0.2) is 0 Å². The fourth-order valence-electron chi connectivity index (χ4n) is 1.97. The van der Waals surface area contributed by atoms with Crippen LogP contribution in [0.3, 0.4) is 0 Å². The molecule has 0 saturated heterocycles. The highest BCUT2D eigenvalue weighted by Crippen LogP contribution is 2.26. The maximum Gasteiger partial charge on any atom is 0.307 e. The van der Waals surface area contributed by atoms with Crippen molar-refractivity contribution in [3.63, 3.8) is 0 Å². The van der Waals surface area contributed by atoms with Crippen molar-refractivity contribution in [2.75, 3.05) is 20.3 Å². The Balaban J connectivity index is 2.80. The van der Waals surface area contributed by atoms with Gasteiger partial charge in [0, 0.05) is 0 Å². The van der Waals surface area contributed by atoms with Crippen molar-refractivity contribution in [1.29, 1.82) is 0 Å². The smallest absolute Gasteiger partial charge is 0.307 e. The molecule has 0 amide bonds. The van der Waals surface area contributed by atoms with E-state index in [9.17, 15) is 4.79 Å². The topological polar surface area (TPSA) is 47.6 Å². The molecule has 20 heavy (non-hydrogen) atoms. The molecule has 0 saturated carbocycles. The third kappa shape index (κ3) is 4.53. The molecule has 0 fully saturated rings. The highest BCUT2D eigenvalue weighted by molar-refractivity contribution is 5.71. The predicted octanol–water partition coefficient (Wildman–Crippen LogP) is 2.86. The van der Waals surface area contributed by atoms with E-state index in [4.69, 9.17) is 9.47 Å². The van der Waals surface area contributed by atoms with E-state index in [2.05, 4.69) is 12.2 Å². The Morgan fingerprint density at radius 1 is 1.25 bits per heavy atom. The zero-order valence-corrected chi connectivity index (χ0v) is 12.9. The molecular weight excluding hydrogens is 254 g/mol. The van der Waals surface area contributed by atoms with Crippen molar-refractivity contribution in [2.45, 2.75) is 39.2 Å². The zero-order chi connectivity index (χ0) is 15.0. The number of hydrogen-bond acceptors (Lipinski definition) is 4. The second-order valence-corrected chi connectivity index (χ2v) is 4.94. The second kappa shape index (κ2) is 7.90. The van der Waals surface area contributed by atoms with Crippen molar-refractivity contribution >= 4 is 5.97 Å². The molecule has 4 heteroatoms. The average molecular weight is 279 g/mol. The normalized spacial score (nSPS) is 13.6. The monoisotopic (exact) mass is 279 g/mol. The Labute approximate surface area is 121 Å². The molecule has 0 bridgehead atoms. The Kier molecular flexibility index (Phi) is 6.52. The van der Waals surface area contributed by atoms with Crippen LogP contribution >= 0.6 is 0 Å². The summed E-state index contributed by atoms with van der Waals surface area (Å²) in [6.07, 6.45) is 1.28. The number of hydrogen-bond donors (Lipinski definition) is 1. The Bertz CT molecular complexity index is 416. The van der Waals surface area contributed by atoms with Gasteiger partial charge >= 0.3 is 5.97 Å². The molecule has 1 N–H and O–H groups in total. The fourth-order valence-corrected chi connectivity index (χ4v) is 1.97. The molecule has 0 radical (unpaired) electrons. The first-order chi connectivity index (χ1) is 9.55. The first-order valence-corrected chi connectivity index (χ1v) is 7.13. The SMILES string of the molecule is CCCOc1ccc(C(C)(CC(=O)OCC)NC)cc1. The van der Waals surface area contributed by atoms with Gasteiger partial charge in [-0.15, -0.1) is 0 Å². The number of rotatable bonds is 8. The van der Waals surface area contributed by atoms with Gasteiger partial charge in [-0.05, 0) is 45.0 Å². The van der Waals surface area contributed by atoms with Crippen LogP contribution in [-0.4, -0.2) is 26.2 Å². The van der Waals surface area contributed by atoms with Crippen LogP contribution in [0.5, 0.6) is 5.75 Å². The Hall–Kier alpha value is -1.55. The molecule has 0 aromatic heterocycles. The lowest BCUT2D eigenvalue weighted by Gasteiger charge is -2.29. The molecule has 0 aliphatic heterocycles. The van der Waals surface area contributed by atoms with Gasteiger partial charge in [0.2, 0.25) is 0 Å². The third-order valence-corrected chi connectivity index (χ3v) is 3.32. The lowest BCUT2D eigenvalue weighted by atomic mass is 9.89. The molecule has 0 aliphatic carbocycles. The summed E-state index contributed by atoms with van der Waals surface area (Å²) >= 11 is 0. The van der Waals surface area contributed by atoms with E-state index >= 15 is 0 Å². The number of ether oxygens (including phenoxy) is 2. The van der Waals surface area contributed by atoms with E-state index in [1.54, 1.807) is 0 Å². The van der Waals surface area contributed by atoms with Gasteiger partial charge in [-0.3, -0.25) is 4.79 Å². The minimum atomic E-state index is -0.435.